The standard InChI is InChI=1S/C13H19NO2.C6H6.C2H6/c1-4-7-12(5-2)14-9-8-11(10-14)13(15)16-6-3;1-2-4-6-5-3-1;1-2/h4-5,7,11H,1-2,6,8-10H2,3H3;1-6H;1-2H3/b12-7+;;. The van der Waals surface area contributed by atoms with Crippen molar-refractivity contribution in [1.82, 2.24) is 4.90 Å². The van der Waals surface area contributed by atoms with E-state index in [2.05, 4.69) is 18.1 Å². The van der Waals surface area contributed by atoms with Crippen LogP contribution in [0.15, 0.2) is 73.5 Å². The molecule has 0 aliphatic carbocycles. The van der Waals surface area contributed by atoms with Crippen LogP contribution in [0.2, 0.25) is 0 Å². The number of nitrogens with zero attached hydrogens (tertiary/aromatic N) is 1. The van der Waals surface area contributed by atoms with Crippen LogP contribution in [-0.2, 0) is 9.53 Å². The predicted molar refractivity (Wildman–Crippen MR) is 103 cm³/mol. The van der Waals surface area contributed by atoms with Gasteiger partial charge in [-0.25, -0.2) is 0 Å². The van der Waals surface area contributed by atoms with Gasteiger partial charge in [0, 0.05) is 18.8 Å². The average Bonchev–Trinajstić information content (AvgIpc) is 3.13. The molecule has 1 heterocycles. The van der Waals surface area contributed by atoms with Gasteiger partial charge in [-0.1, -0.05) is 69.5 Å². The van der Waals surface area contributed by atoms with Gasteiger partial charge in [0.1, 0.15) is 0 Å². The fraction of sp³-hybridized carbons (Fsp3) is 0.381. The number of carbonyl (C=O) groups is 1. The Morgan fingerprint density at radius 3 is 2.12 bits per heavy atom. The molecule has 3 heteroatoms. The summed E-state index contributed by atoms with van der Waals surface area (Å²) in [6, 6.07) is 12.0. The number of carbonyl (C=O) groups excluding carboxylic acids is 1. The van der Waals surface area contributed by atoms with Crippen molar-refractivity contribution in [2.45, 2.75) is 27.2 Å². The van der Waals surface area contributed by atoms with Crippen LogP contribution in [0.5, 0.6) is 0 Å². The Hall–Kier alpha value is -2.29. The Bertz CT molecular complexity index is 467. The lowest BCUT2D eigenvalue weighted by molar-refractivity contribution is -0.147. The largest absolute Gasteiger partial charge is 0.466 e. The smallest absolute Gasteiger partial charge is 0.310 e. The summed E-state index contributed by atoms with van der Waals surface area (Å²) in [5.74, 6) is -0.0971. The quantitative estimate of drug-likeness (QED) is 0.572. The average molecular weight is 329 g/mol. The van der Waals surface area contributed by atoms with Gasteiger partial charge in [0.25, 0.3) is 0 Å². The van der Waals surface area contributed by atoms with Gasteiger partial charge in [0.15, 0.2) is 0 Å². The van der Waals surface area contributed by atoms with E-state index in [9.17, 15) is 4.79 Å². The van der Waals surface area contributed by atoms with Gasteiger partial charge in [-0.2, -0.15) is 0 Å². The van der Waals surface area contributed by atoms with Crippen LogP contribution >= 0.6 is 0 Å². The van der Waals surface area contributed by atoms with E-state index in [1.54, 1.807) is 12.2 Å². The van der Waals surface area contributed by atoms with Crippen LogP contribution < -0.4 is 0 Å². The Kier molecular flexibility index (Phi) is 12.9. The third-order valence-electron chi connectivity index (χ3n) is 3.34. The minimum atomic E-state index is -0.0907. The molecule has 0 radical (unpaired) electrons. The summed E-state index contributed by atoms with van der Waals surface area (Å²) in [6.45, 7) is 15.3. The monoisotopic (exact) mass is 329 g/mol. The number of benzene rings is 1. The van der Waals surface area contributed by atoms with E-state index in [0.29, 0.717) is 13.2 Å². The van der Waals surface area contributed by atoms with E-state index in [1.165, 1.54) is 0 Å². The minimum Gasteiger partial charge on any atom is -0.466 e. The maximum atomic E-state index is 11.5. The third-order valence-corrected chi connectivity index (χ3v) is 3.34. The summed E-state index contributed by atoms with van der Waals surface area (Å²) in [5, 5.41) is 0. The zero-order valence-corrected chi connectivity index (χ0v) is 15.3. The van der Waals surface area contributed by atoms with Gasteiger partial charge in [-0.3, -0.25) is 4.79 Å². The molecule has 3 nitrogen and oxygen atoms in total. The lowest BCUT2D eigenvalue weighted by Crippen LogP contribution is -2.23. The van der Waals surface area contributed by atoms with E-state index in [1.807, 2.05) is 63.2 Å². The minimum absolute atomic E-state index is 0.00637. The molecule has 0 saturated carbocycles. The van der Waals surface area contributed by atoms with Gasteiger partial charge in [0.05, 0.1) is 12.5 Å². The van der Waals surface area contributed by atoms with Crippen molar-refractivity contribution < 1.29 is 9.53 Å². The van der Waals surface area contributed by atoms with Gasteiger partial charge in [-0.15, -0.1) is 0 Å². The van der Waals surface area contributed by atoms with Crippen molar-refractivity contribution >= 4 is 5.97 Å². The molecular weight excluding hydrogens is 298 g/mol. The molecule has 1 aromatic rings. The van der Waals surface area contributed by atoms with E-state index in [4.69, 9.17) is 4.74 Å². The zero-order valence-electron chi connectivity index (χ0n) is 15.3. The van der Waals surface area contributed by atoms with Crippen LogP contribution in [0, 0.1) is 5.92 Å². The molecule has 1 atom stereocenters. The maximum Gasteiger partial charge on any atom is 0.310 e. The number of rotatable bonds is 5. The number of hydrogen-bond acceptors (Lipinski definition) is 3. The van der Waals surface area contributed by atoms with Crippen molar-refractivity contribution in [2.24, 2.45) is 5.92 Å². The number of hydrogen-bond donors (Lipinski definition) is 0. The van der Waals surface area contributed by atoms with Crippen LogP contribution in [0.1, 0.15) is 27.2 Å². The highest BCUT2D eigenvalue weighted by Crippen LogP contribution is 2.22. The molecule has 2 rings (SSSR count). The Morgan fingerprint density at radius 1 is 1.17 bits per heavy atom. The van der Waals surface area contributed by atoms with Gasteiger partial charge >= 0.3 is 5.97 Å². The normalized spacial score (nSPS) is 16.0. The van der Waals surface area contributed by atoms with Gasteiger partial charge < -0.3 is 9.64 Å². The third kappa shape index (κ3) is 8.37. The highest BCUT2D eigenvalue weighted by atomic mass is 16.5. The molecule has 0 bridgehead atoms. The van der Waals surface area contributed by atoms with E-state index < -0.39 is 0 Å². The van der Waals surface area contributed by atoms with Crippen LogP contribution in [0.3, 0.4) is 0 Å². The maximum absolute atomic E-state index is 11.5. The number of ether oxygens (including phenoxy) is 1. The summed E-state index contributed by atoms with van der Waals surface area (Å²) in [4.78, 5) is 13.7. The summed E-state index contributed by atoms with van der Waals surface area (Å²) in [5.41, 5.74) is 1.02. The molecule has 132 valence electrons. The second-order valence-electron chi connectivity index (χ2n) is 4.87. The van der Waals surface area contributed by atoms with E-state index in [-0.39, 0.29) is 11.9 Å². The van der Waals surface area contributed by atoms with Gasteiger partial charge in [0.2, 0.25) is 0 Å². The first kappa shape index (κ1) is 21.7. The first-order chi connectivity index (χ1) is 11.7. The molecule has 1 aromatic carbocycles. The number of esters is 1. The fourth-order valence-electron chi connectivity index (χ4n) is 2.26. The summed E-state index contributed by atoms with van der Waals surface area (Å²) in [6.07, 6.45) is 6.27. The topological polar surface area (TPSA) is 29.5 Å². The van der Waals surface area contributed by atoms with Crippen molar-refractivity contribution in [3.05, 3.63) is 73.5 Å². The second kappa shape index (κ2) is 14.3. The molecule has 1 aliphatic heterocycles. The van der Waals surface area contributed by atoms with Crippen molar-refractivity contribution in [3.8, 4) is 0 Å². The molecular formula is C21H31NO2. The summed E-state index contributed by atoms with van der Waals surface area (Å²) < 4.78 is 5.02. The molecule has 1 fully saturated rings. The number of allylic oxidation sites excluding steroid dienone is 3. The first-order valence-corrected chi connectivity index (χ1v) is 8.59. The summed E-state index contributed by atoms with van der Waals surface area (Å²) >= 11 is 0. The molecule has 0 spiro atoms. The number of likely N-dealkylation sites (tertiary alicyclic amines) is 1. The first-order valence-electron chi connectivity index (χ1n) is 8.59. The predicted octanol–water partition coefficient (Wildman–Crippen LogP) is 4.84. The highest BCUT2D eigenvalue weighted by molar-refractivity contribution is 5.73. The molecule has 24 heavy (non-hydrogen) atoms. The Morgan fingerprint density at radius 2 is 1.71 bits per heavy atom. The molecule has 0 amide bonds. The van der Waals surface area contributed by atoms with E-state index in [0.717, 1.165) is 18.7 Å². The molecule has 1 saturated heterocycles. The van der Waals surface area contributed by atoms with Crippen LogP contribution in [0.4, 0.5) is 0 Å². The molecule has 0 aromatic heterocycles. The second-order valence-corrected chi connectivity index (χ2v) is 4.87. The van der Waals surface area contributed by atoms with Gasteiger partial charge in [-0.05, 0) is 25.5 Å². The van der Waals surface area contributed by atoms with Crippen molar-refractivity contribution in [1.29, 1.82) is 0 Å². The van der Waals surface area contributed by atoms with E-state index >= 15 is 0 Å². The fourth-order valence-corrected chi connectivity index (χ4v) is 2.26. The summed E-state index contributed by atoms with van der Waals surface area (Å²) in [7, 11) is 0. The van der Waals surface area contributed by atoms with Crippen molar-refractivity contribution in [2.75, 3.05) is 19.7 Å². The van der Waals surface area contributed by atoms with Crippen molar-refractivity contribution in [3.63, 3.8) is 0 Å². The molecule has 1 aliphatic rings. The van der Waals surface area contributed by atoms with Crippen LogP contribution in [0.25, 0.3) is 0 Å². The zero-order chi connectivity index (χ0) is 18.2. The lowest BCUT2D eigenvalue weighted by Gasteiger charge is -2.18. The van der Waals surface area contributed by atoms with Crippen LogP contribution in [-0.4, -0.2) is 30.6 Å². The SMILES string of the molecule is C=C/C=C(\C=C)N1CCC(C(=O)OCC)C1.CC.c1ccccc1. The Balaban J connectivity index is 0.000000547. The lowest BCUT2D eigenvalue weighted by atomic mass is 10.1. The Labute approximate surface area is 147 Å². The molecule has 1 unspecified atom stereocenters. The highest BCUT2D eigenvalue weighted by Gasteiger charge is 2.29. The molecule has 0 N–H and O–H groups in total.